The molecule has 0 saturated carbocycles. The van der Waals surface area contributed by atoms with Crippen LogP contribution in [0.5, 0.6) is 5.75 Å². The summed E-state index contributed by atoms with van der Waals surface area (Å²) in [5, 5.41) is 0. The lowest BCUT2D eigenvalue weighted by atomic mass is 10.0. The van der Waals surface area contributed by atoms with E-state index in [4.69, 9.17) is 4.74 Å². The van der Waals surface area contributed by atoms with Gasteiger partial charge in [0, 0.05) is 18.2 Å². The van der Waals surface area contributed by atoms with Crippen LogP contribution in [0, 0.1) is 5.82 Å². The summed E-state index contributed by atoms with van der Waals surface area (Å²) in [6, 6.07) is 4.03. The first-order chi connectivity index (χ1) is 8.13. The van der Waals surface area contributed by atoms with Crippen molar-refractivity contribution in [1.29, 1.82) is 0 Å². The fourth-order valence-corrected chi connectivity index (χ4v) is 1.60. The zero-order chi connectivity index (χ0) is 12.8. The number of ether oxygens (including phenoxy) is 1. The number of halogens is 2. The molecule has 1 rings (SSSR count). The molecule has 1 aromatic rings. The van der Waals surface area contributed by atoms with Gasteiger partial charge in [0.05, 0.1) is 13.3 Å². The molecule has 0 bridgehead atoms. The average Bonchev–Trinajstić information content (AvgIpc) is 2.31. The molecule has 0 radical (unpaired) electrons. The number of hydrogen-bond acceptors (Lipinski definition) is 2. The molecule has 0 aliphatic heterocycles. The molecule has 0 amide bonds. The van der Waals surface area contributed by atoms with Crippen LogP contribution < -0.4 is 4.74 Å². The molecule has 0 aliphatic rings. The smallest absolute Gasteiger partial charge is 0.144 e. The molecule has 0 aliphatic carbocycles. The third-order valence-corrected chi connectivity index (χ3v) is 2.37. The summed E-state index contributed by atoms with van der Waals surface area (Å²) in [6.45, 7) is 1.79. The number of hydrogen-bond donors (Lipinski definition) is 0. The minimum atomic E-state index is -0.473. The Morgan fingerprint density at radius 1 is 1.47 bits per heavy atom. The molecule has 2 nitrogen and oxygen atoms in total. The third-order valence-electron chi connectivity index (χ3n) is 2.37. The van der Waals surface area contributed by atoms with Crippen molar-refractivity contribution in [2.75, 3.05) is 14.2 Å². The Morgan fingerprint density at radius 2 is 2.18 bits per heavy atom. The SMILES string of the molecule is CC/C(=C(F)\C=N/C)c1cc(F)ccc1OC. The van der Waals surface area contributed by atoms with Crippen LogP contribution in [0.15, 0.2) is 29.0 Å². The van der Waals surface area contributed by atoms with Crippen LogP contribution in [0.2, 0.25) is 0 Å². The van der Waals surface area contributed by atoms with Crippen LogP contribution in [0.3, 0.4) is 0 Å². The maximum atomic E-state index is 13.8. The monoisotopic (exact) mass is 239 g/mol. The summed E-state index contributed by atoms with van der Waals surface area (Å²) in [7, 11) is 2.95. The normalized spacial score (nSPS) is 12.8. The lowest BCUT2D eigenvalue weighted by molar-refractivity contribution is 0.412. The predicted molar refractivity (Wildman–Crippen MR) is 65.7 cm³/mol. The van der Waals surface area contributed by atoms with Gasteiger partial charge >= 0.3 is 0 Å². The second-order valence-electron chi connectivity index (χ2n) is 3.41. The molecule has 1 aromatic carbocycles. The first kappa shape index (κ1) is 13.4. The van der Waals surface area contributed by atoms with Crippen molar-refractivity contribution in [3.8, 4) is 5.75 Å². The van der Waals surface area contributed by atoms with E-state index in [0.29, 0.717) is 23.3 Å². The summed E-state index contributed by atoms with van der Waals surface area (Å²) in [5.74, 6) is -0.449. The molecule has 0 unspecified atom stereocenters. The summed E-state index contributed by atoms with van der Waals surface area (Å²) < 4.78 is 32.0. The number of rotatable bonds is 4. The van der Waals surface area contributed by atoms with Crippen LogP contribution in [0.25, 0.3) is 5.57 Å². The van der Waals surface area contributed by atoms with Crippen molar-refractivity contribution < 1.29 is 13.5 Å². The highest BCUT2D eigenvalue weighted by Gasteiger charge is 2.12. The van der Waals surface area contributed by atoms with Gasteiger partial charge in [0.15, 0.2) is 0 Å². The lowest BCUT2D eigenvalue weighted by Gasteiger charge is -2.11. The van der Waals surface area contributed by atoms with E-state index in [1.54, 1.807) is 6.92 Å². The van der Waals surface area contributed by atoms with Crippen molar-refractivity contribution in [1.82, 2.24) is 0 Å². The highest BCUT2D eigenvalue weighted by Crippen LogP contribution is 2.31. The minimum Gasteiger partial charge on any atom is -0.496 e. The van der Waals surface area contributed by atoms with E-state index < -0.39 is 11.6 Å². The third kappa shape index (κ3) is 3.12. The maximum Gasteiger partial charge on any atom is 0.144 e. The Bertz CT molecular complexity index is 453. The van der Waals surface area contributed by atoms with Gasteiger partial charge in [-0.15, -0.1) is 0 Å². The van der Waals surface area contributed by atoms with Gasteiger partial charge < -0.3 is 4.74 Å². The zero-order valence-electron chi connectivity index (χ0n) is 10.1. The van der Waals surface area contributed by atoms with Crippen LogP contribution in [-0.4, -0.2) is 20.4 Å². The quantitative estimate of drug-likeness (QED) is 0.735. The summed E-state index contributed by atoms with van der Waals surface area (Å²) in [5.41, 5.74) is 0.805. The summed E-state index contributed by atoms with van der Waals surface area (Å²) in [4.78, 5) is 3.62. The fraction of sp³-hybridized carbons (Fsp3) is 0.308. The highest BCUT2D eigenvalue weighted by atomic mass is 19.1. The molecular formula is C13H15F2NO. The van der Waals surface area contributed by atoms with Gasteiger partial charge in [-0.25, -0.2) is 8.78 Å². The van der Waals surface area contributed by atoms with E-state index in [1.165, 1.54) is 32.4 Å². The first-order valence-corrected chi connectivity index (χ1v) is 5.28. The molecular weight excluding hydrogens is 224 g/mol. The van der Waals surface area contributed by atoms with Crippen LogP contribution >= 0.6 is 0 Å². The van der Waals surface area contributed by atoms with Crippen LogP contribution in [0.1, 0.15) is 18.9 Å². The average molecular weight is 239 g/mol. The second kappa shape index (κ2) is 6.13. The first-order valence-electron chi connectivity index (χ1n) is 5.28. The predicted octanol–water partition coefficient (Wildman–Crippen LogP) is 3.63. The maximum absolute atomic E-state index is 13.8. The van der Waals surface area contributed by atoms with Crippen molar-refractivity contribution in [2.45, 2.75) is 13.3 Å². The molecule has 0 saturated heterocycles. The minimum absolute atomic E-state index is 0.381. The number of methoxy groups -OCH3 is 1. The second-order valence-corrected chi connectivity index (χ2v) is 3.41. The molecule has 0 fully saturated rings. The van der Waals surface area contributed by atoms with Gasteiger partial charge in [-0.05, 0) is 24.6 Å². The van der Waals surface area contributed by atoms with Gasteiger partial charge in [-0.1, -0.05) is 6.92 Å². The van der Waals surface area contributed by atoms with Gasteiger partial charge in [0.25, 0.3) is 0 Å². The Kier molecular flexibility index (Phi) is 4.82. The summed E-state index contributed by atoms with van der Waals surface area (Å²) in [6.07, 6.45) is 1.54. The molecule has 17 heavy (non-hydrogen) atoms. The molecule has 0 N–H and O–H groups in total. The van der Waals surface area contributed by atoms with E-state index >= 15 is 0 Å². The number of nitrogens with zero attached hydrogens (tertiary/aromatic N) is 1. The van der Waals surface area contributed by atoms with E-state index in [2.05, 4.69) is 4.99 Å². The largest absolute Gasteiger partial charge is 0.496 e. The molecule has 0 aromatic heterocycles. The topological polar surface area (TPSA) is 21.6 Å². The van der Waals surface area contributed by atoms with E-state index in [9.17, 15) is 8.78 Å². The zero-order valence-corrected chi connectivity index (χ0v) is 10.1. The molecule has 92 valence electrons. The van der Waals surface area contributed by atoms with Crippen molar-refractivity contribution in [3.05, 3.63) is 35.4 Å². The molecule has 0 spiro atoms. The van der Waals surface area contributed by atoms with Crippen molar-refractivity contribution in [2.24, 2.45) is 4.99 Å². The Labute approximate surface area is 99.6 Å². The van der Waals surface area contributed by atoms with Gasteiger partial charge in [-0.2, -0.15) is 0 Å². The van der Waals surface area contributed by atoms with E-state index in [0.717, 1.165) is 6.21 Å². The highest BCUT2D eigenvalue weighted by molar-refractivity contribution is 5.89. The Hall–Kier alpha value is -1.71. The number of allylic oxidation sites excluding steroid dienone is 2. The van der Waals surface area contributed by atoms with Crippen LogP contribution in [0.4, 0.5) is 8.78 Å². The number of benzene rings is 1. The molecule has 0 heterocycles. The van der Waals surface area contributed by atoms with Crippen molar-refractivity contribution in [3.63, 3.8) is 0 Å². The molecule has 4 heteroatoms. The Balaban J connectivity index is 3.38. The van der Waals surface area contributed by atoms with Crippen LogP contribution in [-0.2, 0) is 0 Å². The Morgan fingerprint density at radius 3 is 2.71 bits per heavy atom. The standard InChI is InChI=1S/C13H15F2NO/c1-4-10(12(15)8-16-2)11-7-9(14)5-6-13(11)17-3/h5-8H,4H2,1-3H3/b12-10-,16-8-. The lowest BCUT2D eigenvalue weighted by Crippen LogP contribution is -1.95. The van der Waals surface area contributed by atoms with E-state index in [-0.39, 0.29) is 0 Å². The van der Waals surface area contributed by atoms with Crippen molar-refractivity contribution >= 4 is 11.8 Å². The summed E-state index contributed by atoms with van der Waals surface area (Å²) >= 11 is 0. The van der Waals surface area contributed by atoms with E-state index in [1.807, 2.05) is 0 Å². The van der Waals surface area contributed by atoms with Gasteiger partial charge in [0.1, 0.15) is 17.4 Å². The fourth-order valence-electron chi connectivity index (χ4n) is 1.60. The van der Waals surface area contributed by atoms with Gasteiger partial charge in [0.2, 0.25) is 0 Å². The molecule has 0 atom stereocenters. The number of aliphatic imine (C=N–C) groups is 1. The van der Waals surface area contributed by atoms with Gasteiger partial charge in [-0.3, -0.25) is 4.99 Å².